The molecule has 0 aliphatic rings. The molecule has 0 saturated heterocycles. The number of esters is 1. The van der Waals surface area contributed by atoms with Crippen LogP contribution in [0.4, 0.5) is 5.69 Å². The number of amides is 1. The van der Waals surface area contributed by atoms with Gasteiger partial charge >= 0.3 is 5.97 Å². The van der Waals surface area contributed by atoms with Crippen LogP contribution in [0.3, 0.4) is 0 Å². The van der Waals surface area contributed by atoms with E-state index >= 15 is 0 Å². The molecule has 0 aliphatic carbocycles. The molecule has 0 saturated carbocycles. The highest BCUT2D eigenvalue weighted by Crippen LogP contribution is 2.34. The van der Waals surface area contributed by atoms with Gasteiger partial charge in [0.2, 0.25) is 0 Å². The molecule has 1 amide bonds. The van der Waals surface area contributed by atoms with Crippen LogP contribution in [0.2, 0.25) is 0 Å². The Bertz CT molecular complexity index is 1220. The minimum atomic E-state index is -0.626. The van der Waals surface area contributed by atoms with Crippen molar-refractivity contribution in [3.8, 4) is 23.0 Å². The van der Waals surface area contributed by atoms with E-state index in [2.05, 4.69) is 11.4 Å². The highest BCUT2D eigenvalue weighted by molar-refractivity contribution is 6.08. The number of rotatable bonds is 9. The van der Waals surface area contributed by atoms with Crippen LogP contribution in [0, 0.1) is 13.8 Å². The van der Waals surface area contributed by atoms with Crippen LogP contribution in [0.5, 0.6) is 23.0 Å². The van der Waals surface area contributed by atoms with Crippen LogP contribution >= 0.6 is 0 Å². The van der Waals surface area contributed by atoms with E-state index in [9.17, 15) is 9.59 Å². The first-order valence-electron chi connectivity index (χ1n) is 10.8. The molecule has 0 aliphatic heterocycles. The molecule has 0 bridgehead atoms. The molecule has 0 unspecified atom stereocenters. The average Bonchev–Trinajstić information content (AvgIpc) is 2.85. The Balaban J connectivity index is 1.89. The minimum absolute atomic E-state index is 0.130. The van der Waals surface area contributed by atoms with Crippen molar-refractivity contribution < 1.29 is 33.3 Å². The lowest BCUT2D eigenvalue weighted by molar-refractivity contribution is 0.0601. The third kappa shape index (κ3) is 6.03. The van der Waals surface area contributed by atoms with Crippen molar-refractivity contribution in [1.29, 1.82) is 0 Å². The number of ether oxygens (including phenoxy) is 5. The number of benzene rings is 3. The first-order valence-corrected chi connectivity index (χ1v) is 10.8. The normalized spacial score (nSPS) is 10.3. The lowest BCUT2D eigenvalue weighted by atomic mass is 10.1. The van der Waals surface area contributed by atoms with Gasteiger partial charge in [0.1, 0.15) is 18.1 Å². The van der Waals surface area contributed by atoms with Crippen molar-refractivity contribution in [2.24, 2.45) is 0 Å². The maximum Gasteiger partial charge on any atom is 0.340 e. The van der Waals surface area contributed by atoms with E-state index in [1.165, 1.54) is 33.5 Å². The van der Waals surface area contributed by atoms with Crippen LogP contribution < -0.4 is 24.3 Å². The molecule has 8 nitrogen and oxygen atoms in total. The summed E-state index contributed by atoms with van der Waals surface area (Å²) in [5.74, 6) is 0.949. The number of methoxy groups -OCH3 is 4. The summed E-state index contributed by atoms with van der Waals surface area (Å²) in [4.78, 5) is 25.5. The summed E-state index contributed by atoms with van der Waals surface area (Å²) in [5, 5.41) is 2.76. The fourth-order valence-corrected chi connectivity index (χ4v) is 3.67. The molecular weight excluding hydrogens is 450 g/mol. The fourth-order valence-electron chi connectivity index (χ4n) is 3.67. The third-order valence-electron chi connectivity index (χ3n) is 5.31. The molecule has 0 spiro atoms. The van der Waals surface area contributed by atoms with E-state index in [0.717, 1.165) is 16.9 Å². The Morgan fingerprint density at radius 3 is 2.00 bits per heavy atom. The average molecular weight is 480 g/mol. The zero-order valence-electron chi connectivity index (χ0n) is 20.7. The van der Waals surface area contributed by atoms with Gasteiger partial charge in [0.05, 0.1) is 39.7 Å². The van der Waals surface area contributed by atoms with Gasteiger partial charge in [-0.3, -0.25) is 4.79 Å². The van der Waals surface area contributed by atoms with E-state index in [1.807, 2.05) is 26.0 Å². The lowest BCUT2D eigenvalue weighted by Gasteiger charge is -2.16. The van der Waals surface area contributed by atoms with Crippen LogP contribution in [-0.4, -0.2) is 40.3 Å². The van der Waals surface area contributed by atoms with Crippen molar-refractivity contribution in [1.82, 2.24) is 0 Å². The first-order chi connectivity index (χ1) is 16.8. The zero-order chi connectivity index (χ0) is 25.5. The molecule has 0 atom stereocenters. The quantitative estimate of drug-likeness (QED) is 0.434. The number of nitrogens with one attached hydrogen (secondary N) is 1. The highest BCUT2D eigenvalue weighted by atomic mass is 16.5. The van der Waals surface area contributed by atoms with E-state index < -0.39 is 11.9 Å². The molecule has 0 heterocycles. The van der Waals surface area contributed by atoms with Gasteiger partial charge in [0, 0.05) is 23.3 Å². The van der Waals surface area contributed by atoms with E-state index in [1.54, 1.807) is 25.3 Å². The summed E-state index contributed by atoms with van der Waals surface area (Å²) in [5.41, 5.74) is 3.59. The molecule has 0 aromatic heterocycles. The fraction of sp³-hybridized carbons (Fsp3) is 0.259. The molecule has 0 radical (unpaired) electrons. The topological polar surface area (TPSA) is 92.3 Å². The Labute approximate surface area is 204 Å². The van der Waals surface area contributed by atoms with Gasteiger partial charge in [-0.25, -0.2) is 4.79 Å². The maximum absolute atomic E-state index is 13.1. The van der Waals surface area contributed by atoms with Crippen LogP contribution in [0.1, 0.15) is 37.4 Å². The second kappa shape index (κ2) is 11.3. The predicted molar refractivity (Wildman–Crippen MR) is 132 cm³/mol. The number of hydrogen-bond donors (Lipinski definition) is 1. The Kier molecular flexibility index (Phi) is 8.20. The van der Waals surface area contributed by atoms with Gasteiger partial charge in [-0.15, -0.1) is 0 Å². The SMILES string of the molecule is COC(=O)c1cc(OC)c(OC)cc1NC(=O)c1ccc(OC)c(COc2cc(C)cc(C)c2)c1. The Morgan fingerprint density at radius 1 is 0.771 bits per heavy atom. The summed E-state index contributed by atoms with van der Waals surface area (Å²) >= 11 is 0. The predicted octanol–water partition coefficient (Wildman–Crippen LogP) is 4.95. The smallest absolute Gasteiger partial charge is 0.340 e. The Morgan fingerprint density at radius 2 is 1.40 bits per heavy atom. The van der Waals surface area contributed by atoms with Crippen LogP contribution in [0.25, 0.3) is 0 Å². The summed E-state index contributed by atoms with van der Waals surface area (Å²) in [6.45, 7) is 4.21. The molecular formula is C27H29NO7. The molecule has 184 valence electrons. The summed E-state index contributed by atoms with van der Waals surface area (Å²) in [6, 6.07) is 13.9. The van der Waals surface area contributed by atoms with Gasteiger partial charge in [0.15, 0.2) is 11.5 Å². The maximum atomic E-state index is 13.1. The second-order valence-electron chi connectivity index (χ2n) is 7.84. The van der Waals surface area contributed by atoms with Crippen molar-refractivity contribution in [3.63, 3.8) is 0 Å². The van der Waals surface area contributed by atoms with Crippen molar-refractivity contribution in [2.45, 2.75) is 20.5 Å². The van der Waals surface area contributed by atoms with Crippen molar-refractivity contribution in [2.75, 3.05) is 33.8 Å². The van der Waals surface area contributed by atoms with E-state index in [0.29, 0.717) is 28.4 Å². The lowest BCUT2D eigenvalue weighted by Crippen LogP contribution is -2.16. The van der Waals surface area contributed by atoms with E-state index in [-0.39, 0.29) is 17.9 Å². The number of carbonyl (C=O) groups is 2. The summed E-state index contributed by atoms with van der Waals surface area (Å²) < 4.78 is 26.8. The molecule has 0 fully saturated rings. The van der Waals surface area contributed by atoms with Gasteiger partial charge in [-0.2, -0.15) is 0 Å². The summed E-state index contributed by atoms with van der Waals surface area (Å²) in [6.07, 6.45) is 0. The number of aryl methyl sites for hydroxylation is 2. The van der Waals surface area contributed by atoms with Gasteiger partial charge in [-0.1, -0.05) is 6.07 Å². The zero-order valence-corrected chi connectivity index (χ0v) is 20.7. The molecule has 3 aromatic carbocycles. The molecule has 1 N–H and O–H groups in total. The van der Waals surface area contributed by atoms with Crippen molar-refractivity contribution in [3.05, 3.63) is 76.3 Å². The van der Waals surface area contributed by atoms with Gasteiger partial charge in [-0.05, 0) is 55.3 Å². The van der Waals surface area contributed by atoms with E-state index in [4.69, 9.17) is 23.7 Å². The molecule has 8 heteroatoms. The van der Waals surface area contributed by atoms with Crippen LogP contribution in [0.15, 0.2) is 48.5 Å². The molecule has 3 rings (SSSR count). The summed E-state index contributed by atoms with van der Waals surface area (Å²) in [7, 11) is 5.74. The molecule has 3 aromatic rings. The minimum Gasteiger partial charge on any atom is -0.496 e. The standard InChI is InChI=1S/C27H29NO7/c1-16-9-17(2)11-20(10-16)35-15-19-12-18(7-8-23(19)31-3)26(29)28-22-14-25(33-5)24(32-4)13-21(22)27(30)34-6/h7-14H,15H2,1-6H3,(H,28,29). The van der Waals surface area contributed by atoms with Gasteiger partial charge < -0.3 is 29.0 Å². The number of carbonyl (C=O) groups excluding carboxylic acids is 2. The Hall–Kier alpha value is -4.20. The monoisotopic (exact) mass is 479 g/mol. The highest BCUT2D eigenvalue weighted by Gasteiger charge is 2.20. The number of hydrogen-bond acceptors (Lipinski definition) is 7. The first kappa shape index (κ1) is 25.4. The van der Waals surface area contributed by atoms with Crippen LogP contribution in [-0.2, 0) is 11.3 Å². The largest absolute Gasteiger partial charge is 0.496 e. The third-order valence-corrected chi connectivity index (χ3v) is 5.31. The van der Waals surface area contributed by atoms with Crippen molar-refractivity contribution >= 4 is 17.6 Å². The van der Waals surface area contributed by atoms with Gasteiger partial charge in [0.25, 0.3) is 5.91 Å². The number of anilines is 1. The second-order valence-corrected chi connectivity index (χ2v) is 7.84. The molecule has 35 heavy (non-hydrogen) atoms.